The van der Waals surface area contributed by atoms with Crippen molar-refractivity contribution in [2.24, 2.45) is 0 Å². The highest BCUT2D eigenvalue weighted by Crippen LogP contribution is 2.09. The van der Waals surface area contributed by atoms with E-state index in [1.807, 2.05) is 30.3 Å². The topological polar surface area (TPSA) is 58.9 Å². The van der Waals surface area contributed by atoms with E-state index in [2.05, 4.69) is 0 Å². The third-order valence-electron chi connectivity index (χ3n) is 2.52. The largest absolute Gasteiger partial charge is 0.490 e. The van der Waals surface area contributed by atoms with Crippen LogP contribution in [0.15, 0.2) is 54.6 Å². The van der Waals surface area contributed by atoms with Crippen molar-refractivity contribution < 1.29 is 19.5 Å². The average molecular weight is 258 g/mol. The summed E-state index contributed by atoms with van der Waals surface area (Å²) in [5.74, 6) is 1.38. The van der Waals surface area contributed by atoms with Gasteiger partial charge in [0.05, 0.1) is 0 Å². The van der Waals surface area contributed by atoms with Crippen molar-refractivity contribution in [3.05, 3.63) is 54.6 Å². The fourth-order valence-corrected chi connectivity index (χ4v) is 1.60. The molecule has 0 fully saturated rings. The zero-order valence-corrected chi connectivity index (χ0v) is 10.4. The molecule has 0 bridgehead atoms. The number of rotatable bonds is 6. The zero-order valence-electron chi connectivity index (χ0n) is 10.4. The Morgan fingerprint density at radius 1 is 0.789 bits per heavy atom. The summed E-state index contributed by atoms with van der Waals surface area (Å²) in [5, 5.41) is 18.1. The lowest BCUT2D eigenvalue weighted by atomic mass is 9.80. The average Bonchev–Trinajstić information content (AvgIpc) is 2.45. The van der Waals surface area contributed by atoms with Crippen LogP contribution in [0.4, 0.5) is 0 Å². The van der Waals surface area contributed by atoms with E-state index in [0.29, 0.717) is 24.4 Å². The molecule has 19 heavy (non-hydrogen) atoms. The van der Waals surface area contributed by atoms with Gasteiger partial charge in [-0.25, -0.2) is 0 Å². The van der Waals surface area contributed by atoms with Gasteiger partial charge in [-0.1, -0.05) is 30.3 Å². The molecule has 0 aliphatic heterocycles. The molecule has 4 nitrogen and oxygen atoms in total. The monoisotopic (exact) mass is 258 g/mol. The number of hydrogen-bond donors (Lipinski definition) is 2. The SMILES string of the molecule is OB(O)c1cccc(OCCOc2ccccc2)c1. The van der Waals surface area contributed by atoms with Gasteiger partial charge in [-0.05, 0) is 29.7 Å². The highest BCUT2D eigenvalue weighted by Gasteiger charge is 2.10. The van der Waals surface area contributed by atoms with E-state index in [0.717, 1.165) is 5.75 Å². The van der Waals surface area contributed by atoms with Crippen molar-refractivity contribution in [3.63, 3.8) is 0 Å². The van der Waals surface area contributed by atoms with Gasteiger partial charge in [-0.15, -0.1) is 0 Å². The molecule has 0 saturated carbocycles. The van der Waals surface area contributed by atoms with E-state index in [4.69, 9.17) is 19.5 Å². The Bertz CT molecular complexity index is 502. The van der Waals surface area contributed by atoms with Crippen LogP contribution < -0.4 is 14.9 Å². The molecule has 2 rings (SSSR count). The van der Waals surface area contributed by atoms with Crippen molar-refractivity contribution >= 4 is 12.6 Å². The maximum absolute atomic E-state index is 9.04. The van der Waals surface area contributed by atoms with Crippen LogP contribution in [0.5, 0.6) is 11.5 Å². The molecule has 0 saturated heterocycles. The second kappa shape index (κ2) is 6.82. The van der Waals surface area contributed by atoms with Crippen LogP contribution in [0, 0.1) is 0 Å². The van der Waals surface area contributed by atoms with Gasteiger partial charge >= 0.3 is 7.12 Å². The fourth-order valence-electron chi connectivity index (χ4n) is 1.60. The Morgan fingerprint density at radius 2 is 1.42 bits per heavy atom. The van der Waals surface area contributed by atoms with E-state index in [1.54, 1.807) is 24.3 Å². The first-order valence-corrected chi connectivity index (χ1v) is 6.02. The Labute approximate surface area is 112 Å². The van der Waals surface area contributed by atoms with Gasteiger partial charge in [-0.2, -0.15) is 0 Å². The molecule has 5 heteroatoms. The minimum Gasteiger partial charge on any atom is -0.490 e. The van der Waals surface area contributed by atoms with Crippen LogP contribution >= 0.6 is 0 Å². The van der Waals surface area contributed by atoms with Gasteiger partial charge in [0.1, 0.15) is 24.7 Å². The maximum atomic E-state index is 9.04. The third-order valence-corrected chi connectivity index (χ3v) is 2.52. The molecular weight excluding hydrogens is 243 g/mol. The first-order chi connectivity index (χ1) is 9.25. The van der Waals surface area contributed by atoms with Gasteiger partial charge in [0.15, 0.2) is 0 Å². The molecule has 0 amide bonds. The van der Waals surface area contributed by atoms with Gasteiger partial charge in [0.2, 0.25) is 0 Å². The standard InChI is InChI=1S/C14H15BO4/c16-15(17)12-5-4-8-14(11-12)19-10-9-18-13-6-2-1-3-7-13/h1-8,11,16-17H,9-10H2. The number of para-hydroxylation sites is 1. The Kier molecular flexibility index (Phi) is 4.83. The molecule has 0 unspecified atom stereocenters. The second-order valence-corrected chi connectivity index (χ2v) is 3.96. The van der Waals surface area contributed by atoms with E-state index < -0.39 is 7.12 Å². The smallest absolute Gasteiger partial charge is 0.488 e. The van der Waals surface area contributed by atoms with Gasteiger partial charge in [0, 0.05) is 0 Å². The van der Waals surface area contributed by atoms with Gasteiger partial charge in [-0.3, -0.25) is 0 Å². The first kappa shape index (κ1) is 13.5. The molecule has 0 heterocycles. The molecule has 2 aromatic rings. The lowest BCUT2D eigenvalue weighted by molar-refractivity contribution is 0.217. The molecule has 0 spiro atoms. The molecule has 0 atom stereocenters. The predicted octanol–water partition coefficient (Wildman–Crippen LogP) is 0.824. The summed E-state index contributed by atoms with van der Waals surface area (Å²) in [4.78, 5) is 0. The lowest BCUT2D eigenvalue weighted by Gasteiger charge is -2.09. The van der Waals surface area contributed by atoms with Gasteiger partial charge < -0.3 is 19.5 Å². The summed E-state index contributed by atoms with van der Waals surface area (Å²) < 4.78 is 11.0. The van der Waals surface area contributed by atoms with Crippen molar-refractivity contribution in [1.29, 1.82) is 0 Å². The molecule has 2 aromatic carbocycles. The summed E-state index contributed by atoms with van der Waals surface area (Å²) in [6.45, 7) is 0.815. The van der Waals surface area contributed by atoms with Crippen molar-refractivity contribution in [3.8, 4) is 11.5 Å². The minimum absolute atomic E-state index is 0.389. The number of benzene rings is 2. The minimum atomic E-state index is -1.48. The third kappa shape index (κ3) is 4.32. The molecular formula is C14H15BO4. The normalized spacial score (nSPS) is 10.0. The Morgan fingerprint density at radius 3 is 2.11 bits per heavy atom. The number of ether oxygens (including phenoxy) is 2. The molecule has 0 aliphatic rings. The quantitative estimate of drug-likeness (QED) is 0.595. The first-order valence-electron chi connectivity index (χ1n) is 6.02. The highest BCUT2D eigenvalue weighted by molar-refractivity contribution is 6.58. The molecule has 2 N–H and O–H groups in total. The molecule has 0 aliphatic carbocycles. The van der Waals surface area contributed by atoms with Crippen LogP contribution in [0.1, 0.15) is 0 Å². The summed E-state index contributed by atoms with van der Waals surface area (Å²) in [6.07, 6.45) is 0. The summed E-state index contributed by atoms with van der Waals surface area (Å²) in [6, 6.07) is 16.2. The molecule has 0 radical (unpaired) electrons. The van der Waals surface area contributed by atoms with Crippen LogP contribution in [0.3, 0.4) is 0 Å². The predicted molar refractivity (Wildman–Crippen MR) is 73.7 cm³/mol. The van der Waals surface area contributed by atoms with Crippen molar-refractivity contribution in [2.45, 2.75) is 0 Å². The number of hydrogen-bond acceptors (Lipinski definition) is 4. The lowest BCUT2D eigenvalue weighted by Crippen LogP contribution is -2.29. The molecule has 0 aromatic heterocycles. The van der Waals surface area contributed by atoms with Crippen molar-refractivity contribution in [1.82, 2.24) is 0 Å². The van der Waals surface area contributed by atoms with E-state index >= 15 is 0 Å². The van der Waals surface area contributed by atoms with Crippen molar-refractivity contribution in [2.75, 3.05) is 13.2 Å². The van der Waals surface area contributed by atoms with E-state index in [1.165, 1.54) is 0 Å². The Hall–Kier alpha value is -1.98. The zero-order chi connectivity index (χ0) is 13.5. The summed E-state index contributed by atoms with van der Waals surface area (Å²) >= 11 is 0. The Balaban J connectivity index is 1.78. The van der Waals surface area contributed by atoms with Crippen LogP contribution in [-0.2, 0) is 0 Å². The second-order valence-electron chi connectivity index (χ2n) is 3.96. The highest BCUT2D eigenvalue weighted by atomic mass is 16.5. The summed E-state index contributed by atoms with van der Waals surface area (Å²) in [5.41, 5.74) is 0.404. The van der Waals surface area contributed by atoms with E-state index in [-0.39, 0.29) is 0 Å². The fraction of sp³-hybridized carbons (Fsp3) is 0.143. The molecule has 98 valence electrons. The van der Waals surface area contributed by atoms with Crippen LogP contribution in [-0.4, -0.2) is 30.4 Å². The summed E-state index contributed by atoms with van der Waals surface area (Å²) in [7, 11) is -1.48. The van der Waals surface area contributed by atoms with Crippen LogP contribution in [0.25, 0.3) is 0 Å². The van der Waals surface area contributed by atoms with Crippen LogP contribution in [0.2, 0.25) is 0 Å². The van der Waals surface area contributed by atoms with Gasteiger partial charge in [0.25, 0.3) is 0 Å². The van der Waals surface area contributed by atoms with E-state index in [9.17, 15) is 0 Å². The maximum Gasteiger partial charge on any atom is 0.488 e.